The fraction of sp³-hybridized carbons (Fsp3) is 0.696. The number of nitrogens with zero attached hydrogens (tertiary/aromatic N) is 3. The van der Waals surface area contributed by atoms with Crippen LogP contribution in [0.5, 0.6) is 0 Å². The second kappa shape index (κ2) is 12.3. The fourth-order valence-electron chi connectivity index (χ4n) is 3.77. The lowest BCUT2D eigenvalue weighted by atomic mass is 10.1. The van der Waals surface area contributed by atoms with Gasteiger partial charge in [-0.15, -0.1) is 0 Å². The van der Waals surface area contributed by atoms with Gasteiger partial charge in [0.25, 0.3) is 0 Å². The molecule has 160 valence electrons. The number of aromatic nitrogens is 3. The first kappa shape index (κ1) is 23.0. The molecule has 6 nitrogen and oxygen atoms in total. The van der Waals surface area contributed by atoms with E-state index in [0.717, 1.165) is 30.8 Å². The molecule has 0 bridgehead atoms. The summed E-state index contributed by atoms with van der Waals surface area (Å²) in [5, 5.41) is 3.13. The zero-order chi connectivity index (χ0) is 21.1. The van der Waals surface area contributed by atoms with Gasteiger partial charge in [-0.25, -0.2) is 14.6 Å². The number of aryl methyl sites for hydroxylation is 2. The van der Waals surface area contributed by atoms with Crippen molar-refractivity contribution in [1.29, 1.82) is 0 Å². The molecule has 0 aliphatic heterocycles. The minimum atomic E-state index is -0.432. The van der Waals surface area contributed by atoms with E-state index in [9.17, 15) is 4.79 Å². The zero-order valence-corrected chi connectivity index (χ0v) is 18.4. The summed E-state index contributed by atoms with van der Waals surface area (Å²) in [6.45, 7) is 14.1. The van der Waals surface area contributed by atoms with Crippen LogP contribution < -0.4 is 0 Å². The number of hydrogen-bond donors (Lipinski definition) is 1. The molecule has 0 fully saturated rings. The third kappa shape index (κ3) is 6.35. The molecule has 29 heavy (non-hydrogen) atoms. The lowest BCUT2D eigenvalue weighted by Gasteiger charge is -2.05. The standard InChI is InChI=1S/C23H36N4O2/c1-5-7-8-9-10-11-12-13-14-15-17-29-23(28)20-21(24-4)19(16-6-2)27-22(20)25-18(3)26-27/h5-17H2,1-3H3,(H,25,26). The van der Waals surface area contributed by atoms with Gasteiger partial charge < -0.3 is 4.74 Å². The Morgan fingerprint density at radius 2 is 1.66 bits per heavy atom. The molecule has 0 aliphatic rings. The maximum Gasteiger partial charge on any atom is 0.331 e. The van der Waals surface area contributed by atoms with Crippen molar-refractivity contribution in [2.45, 2.75) is 97.8 Å². The quantitative estimate of drug-likeness (QED) is 0.222. The summed E-state index contributed by atoms with van der Waals surface area (Å²) in [5.41, 5.74) is 1.99. The molecule has 0 atom stereocenters. The zero-order valence-electron chi connectivity index (χ0n) is 18.4. The highest BCUT2D eigenvalue weighted by molar-refractivity contribution is 6.03. The van der Waals surface area contributed by atoms with Gasteiger partial charge >= 0.3 is 5.97 Å². The van der Waals surface area contributed by atoms with Crippen molar-refractivity contribution in [3.63, 3.8) is 0 Å². The number of carbonyl (C=O) groups is 1. The van der Waals surface area contributed by atoms with Crippen LogP contribution in [0.4, 0.5) is 5.69 Å². The highest BCUT2D eigenvalue weighted by atomic mass is 16.5. The number of hydrogen-bond acceptors (Lipinski definition) is 3. The fourth-order valence-corrected chi connectivity index (χ4v) is 3.77. The van der Waals surface area contributed by atoms with Gasteiger partial charge in [0.05, 0.1) is 18.9 Å². The van der Waals surface area contributed by atoms with Crippen molar-refractivity contribution in [2.75, 3.05) is 6.61 Å². The van der Waals surface area contributed by atoms with E-state index in [1.54, 1.807) is 4.52 Å². The van der Waals surface area contributed by atoms with E-state index in [1.165, 1.54) is 51.4 Å². The van der Waals surface area contributed by atoms with Crippen molar-refractivity contribution in [3.05, 3.63) is 28.5 Å². The summed E-state index contributed by atoms with van der Waals surface area (Å²) < 4.78 is 7.27. The first-order valence-corrected chi connectivity index (χ1v) is 11.3. The van der Waals surface area contributed by atoms with Gasteiger partial charge in [-0.2, -0.15) is 0 Å². The van der Waals surface area contributed by atoms with Crippen LogP contribution in [0.2, 0.25) is 0 Å². The number of esters is 1. The molecule has 0 amide bonds. The van der Waals surface area contributed by atoms with Crippen LogP contribution in [0.25, 0.3) is 10.5 Å². The van der Waals surface area contributed by atoms with Crippen LogP contribution in [0.3, 0.4) is 0 Å². The molecule has 6 heteroatoms. The summed E-state index contributed by atoms with van der Waals surface area (Å²) in [5.74, 6) is 0.288. The molecule has 0 saturated carbocycles. The van der Waals surface area contributed by atoms with Gasteiger partial charge in [-0.1, -0.05) is 78.1 Å². The van der Waals surface area contributed by atoms with Crippen molar-refractivity contribution < 1.29 is 9.53 Å². The number of ether oxygens (including phenoxy) is 1. The summed E-state index contributed by atoms with van der Waals surface area (Å²) in [4.78, 5) is 20.7. The second-order valence-electron chi connectivity index (χ2n) is 7.82. The molecule has 2 aromatic heterocycles. The Morgan fingerprint density at radius 3 is 2.24 bits per heavy atom. The molecule has 0 spiro atoms. The Bertz CT molecular complexity index is 813. The van der Waals surface area contributed by atoms with Crippen molar-refractivity contribution in [2.24, 2.45) is 0 Å². The number of unbranched alkanes of at least 4 members (excludes halogenated alkanes) is 9. The van der Waals surface area contributed by atoms with Gasteiger partial charge in [-0.05, 0) is 19.8 Å². The van der Waals surface area contributed by atoms with E-state index in [0.29, 0.717) is 29.9 Å². The smallest absolute Gasteiger partial charge is 0.331 e. The lowest BCUT2D eigenvalue weighted by molar-refractivity contribution is 0.0501. The molecule has 0 aromatic carbocycles. The number of H-pyrrole nitrogens is 1. The van der Waals surface area contributed by atoms with Crippen LogP contribution in [0.1, 0.15) is 106 Å². The van der Waals surface area contributed by atoms with E-state index in [-0.39, 0.29) is 0 Å². The third-order valence-electron chi connectivity index (χ3n) is 5.30. The molecular weight excluding hydrogens is 364 g/mol. The molecule has 0 unspecified atom stereocenters. The van der Waals surface area contributed by atoms with Gasteiger partial charge in [0.15, 0.2) is 5.65 Å². The molecule has 2 rings (SSSR count). The maximum absolute atomic E-state index is 12.7. The third-order valence-corrected chi connectivity index (χ3v) is 5.30. The van der Waals surface area contributed by atoms with E-state index < -0.39 is 5.97 Å². The largest absolute Gasteiger partial charge is 0.463 e. The lowest BCUT2D eigenvalue weighted by Crippen LogP contribution is -2.06. The monoisotopic (exact) mass is 400 g/mol. The van der Waals surface area contributed by atoms with E-state index >= 15 is 0 Å². The molecule has 0 radical (unpaired) electrons. The number of rotatable bonds is 14. The minimum Gasteiger partial charge on any atom is -0.463 e. The first-order valence-electron chi connectivity index (χ1n) is 11.3. The average Bonchev–Trinajstić information content (AvgIpc) is 3.21. The highest BCUT2D eigenvalue weighted by Gasteiger charge is 2.26. The molecular formula is C23H36N4O2. The number of nitrogens with one attached hydrogen (secondary N) is 1. The van der Waals surface area contributed by atoms with Gasteiger partial charge in [-0.3, -0.25) is 9.61 Å². The summed E-state index contributed by atoms with van der Waals surface area (Å²) >= 11 is 0. The second-order valence-corrected chi connectivity index (χ2v) is 7.82. The molecule has 2 aromatic rings. The van der Waals surface area contributed by atoms with Gasteiger partial charge in [0, 0.05) is 0 Å². The van der Waals surface area contributed by atoms with Crippen LogP contribution in [0, 0.1) is 13.5 Å². The normalized spacial score (nSPS) is 11.1. The Hall–Kier alpha value is -2.29. The summed E-state index contributed by atoms with van der Waals surface area (Å²) in [6, 6.07) is 0. The van der Waals surface area contributed by atoms with E-state index in [2.05, 4.69) is 28.8 Å². The summed E-state index contributed by atoms with van der Waals surface area (Å²) in [6.07, 6.45) is 14.0. The summed E-state index contributed by atoms with van der Waals surface area (Å²) in [7, 11) is 0. The molecule has 0 aliphatic carbocycles. The number of fused-ring (bicyclic) bond motifs is 1. The SMILES string of the molecule is [C-]#[N+]c1c(C(=O)OCCCCCCCCCCCC)c2nc(C)[nH]n2c1CCC. The maximum atomic E-state index is 12.7. The van der Waals surface area contributed by atoms with Crippen LogP contribution in [0.15, 0.2) is 0 Å². The van der Waals surface area contributed by atoms with E-state index in [1.807, 2.05) is 6.92 Å². The first-order chi connectivity index (χ1) is 14.1. The number of carbonyl (C=O) groups excluding carboxylic acids is 1. The van der Waals surface area contributed by atoms with Crippen LogP contribution in [-0.2, 0) is 11.2 Å². The van der Waals surface area contributed by atoms with Crippen LogP contribution >= 0.6 is 0 Å². The Labute approximate surface area is 174 Å². The van der Waals surface area contributed by atoms with Crippen LogP contribution in [-0.4, -0.2) is 27.2 Å². The Kier molecular flexibility index (Phi) is 9.76. The Balaban J connectivity index is 1.80. The molecule has 1 N–H and O–H groups in total. The van der Waals surface area contributed by atoms with Gasteiger partial charge in [0.1, 0.15) is 11.4 Å². The molecule has 0 saturated heterocycles. The number of aromatic amines is 1. The average molecular weight is 401 g/mol. The van der Waals surface area contributed by atoms with Crippen molar-refractivity contribution >= 4 is 17.3 Å². The highest BCUT2D eigenvalue weighted by Crippen LogP contribution is 2.32. The van der Waals surface area contributed by atoms with Crippen molar-refractivity contribution in [1.82, 2.24) is 14.6 Å². The predicted octanol–water partition coefficient (Wildman–Crippen LogP) is 6.55. The predicted molar refractivity (Wildman–Crippen MR) is 117 cm³/mol. The van der Waals surface area contributed by atoms with Gasteiger partial charge in [0.2, 0.25) is 5.69 Å². The Morgan fingerprint density at radius 1 is 1.03 bits per heavy atom. The van der Waals surface area contributed by atoms with E-state index in [4.69, 9.17) is 11.3 Å². The molecule has 2 heterocycles. The topological polar surface area (TPSA) is 63.8 Å². The minimum absolute atomic E-state index is 0.305. The van der Waals surface area contributed by atoms with Crippen molar-refractivity contribution in [3.8, 4) is 0 Å².